The minimum atomic E-state index is -3.35. The third-order valence-corrected chi connectivity index (χ3v) is 4.60. The van der Waals surface area contributed by atoms with Crippen molar-refractivity contribution < 1.29 is 8.42 Å². The summed E-state index contributed by atoms with van der Waals surface area (Å²) in [5, 5.41) is 0. The number of rotatable bonds is 8. The maximum Gasteiger partial charge on any atom is 0.213 e. The predicted octanol–water partition coefficient (Wildman–Crippen LogP) is 1.97. The van der Waals surface area contributed by atoms with Crippen LogP contribution < -0.4 is 10.5 Å². The Morgan fingerprint density at radius 1 is 1.16 bits per heavy atom. The first-order chi connectivity index (χ1) is 8.93. The van der Waals surface area contributed by atoms with Gasteiger partial charge in [-0.05, 0) is 18.4 Å². The first-order valence-corrected chi connectivity index (χ1v) is 8.40. The summed E-state index contributed by atoms with van der Waals surface area (Å²) in [5.74, 6) is -0.0716. The van der Waals surface area contributed by atoms with Crippen LogP contribution in [-0.4, -0.2) is 20.7 Å². The number of nitrogens with two attached hydrogens (primary N) is 1. The van der Waals surface area contributed by atoms with Gasteiger partial charge in [-0.15, -0.1) is 0 Å². The number of hydrogen-bond donors (Lipinski definition) is 2. The minimum Gasteiger partial charge on any atom is -0.321 e. The van der Waals surface area contributed by atoms with E-state index in [-0.39, 0.29) is 5.75 Å². The highest BCUT2D eigenvalue weighted by Crippen LogP contribution is 2.25. The average molecular weight is 284 g/mol. The van der Waals surface area contributed by atoms with Gasteiger partial charge in [0.15, 0.2) is 0 Å². The fourth-order valence-corrected chi connectivity index (χ4v) is 3.77. The van der Waals surface area contributed by atoms with Crippen molar-refractivity contribution in [2.24, 2.45) is 5.73 Å². The van der Waals surface area contributed by atoms with Crippen LogP contribution in [0.1, 0.15) is 38.7 Å². The second kappa shape index (κ2) is 7.03. The van der Waals surface area contributed by atoms with Gasteiger partial charge in [-0.25, -0.2) is 13.1 Å². The summed E-state index contributed by atoms with van der Waals surface area (Å²) >= 11 is 0. The van der Waals surface area contributed by atoms with Gasteiger partial charge < -0.3 is 5.73 Å². The molecule has 1 aromatic carbocycles. The van der Waals surface area contributed by atoms with Gasteiger partial charge in [-0.2, -0.15) is 0 Å². The molecule has 1 rings (SSSR count). The van der Waals surface area contributed by atoms with Crippen molar-refractivity contribution in [3.8, 4) is 0 Å². The lowest BCUT2D eigenvalue weighted by Gasteiger charge is -2.29. The van der Waals surface area contributed by atoms with E-state index in [1.54, 1.807) is 0 Å². The molecule has 0 aliphatic carbocycles. The predicted molar refractivity (Wildman–Crippen MR) is 79.3 cm³/mol. The molecule has 108 valence electrons. The van der Waals surface area contributed by atoms with Crippen LogP contribution in [0.25, 0.3) is 0 Å². The van der Waals surface area contributed by atoms with Crippen LogP contribution in [0.2, 0.25) is 0 Å². The van der Waals surface area contributed by atoms with E-state index < -0.39 is 15.6 Å². The molecular formula is C14H24N2O2S. The summed E-state index contributed by atoms with van der Waals surface area (Å²) in [4.78, 5) is 0. The van der Waals surface area contributed by atoms with Gasteiger partial charge in [0.1, 0.15) is 0 Å². The van der Waals surface area contributed by atoms with Crippen LogP contribution >= 0.6 is 0 Å². The Labute approximate surface area is 116 Å². The summed E-state index contributed by atoms with van der Waals surface area (Å²) in [6.45, 7) is 4.40. The Morgan fingerprint density at radius 3 is 2.32 bits per heavy atom. The van der Waals surface area contributed by atoms with Crippen molar-refractivity contribution in [3.05, 3.63) is 35.9 Å². The highest BCUT2D eigenvalue weighted by atomic mass is 32.2. The Bertz CT molecular complexity index is 473. The molecule has 0 aromatic heterocycles. The summed E-state index contributed by atoms with van der Waals surface area (Å²) < 4.78 is 26.7. The Morgan fingerprint density at radius 2 is 1.79 bits per heavy atom. The van der Waals surface area contributed by atoms with Crippen molar-refractivity contribution in [1.82, 2.24) is 4.72 Å². The van der Waals surface area contributed by atoms with E-state index in [1.165, 1.54) is 0 Å². The minimum absolute atomic E-state index is 0.0716. The lowest BCUT2D eigenvalue weighted by molar-refractivity contribution is 0.440. The van der Waals surface area contributed by atoms with E-state index in [1.807, 2.05) is 44.2 Å². The molecule has 0 aliphatic heterocycles. The van der Waals surface area contributed by atoms with Crippen LogP contribution in [0.15, 0.2) is 30.3 Å². The molecule has 0 fully saturated rings. The highest BCUT2D eigenvalue weighted by Gasteiger charge is 2.32. The first-order valence-electron chi connectivity index (χ1n) is 6.75. The molecule has 4 nitrogen and oxygen atoms in total. The molecule has 0 aliphatic rings. The van der Waals surface area contributed by atoms with Crippen LogP contribution in [0.3, 0.4) is 0 Å². The van der Waals surface area contributed by atoms with Crippen LogP contribution in [0.5, 0.6) is 0 Å². The van der Waals surface area contributed by atoms with Gasteiger partial charge in [0.25, 0.3) is 0 Å². The van der Waals surface area contributed by atoms with Crippen molar-refractivity contribution in [2.75, 3.05) is 12.3 Å². The van der Waals surface area contributed by atoms with Gasteiger partial charge in [0.05, 0.1) is 11.3 Å². The quantitative estimate of drug-likeness (QED) is 0.766. The van der Waals surface area contributed by atoms with Gasteiger partial charge in [-0.3, -0.25) is 0 Å². The van der Waals surface area contributed by atoms with E-state index in [4.69, 9.17) is 5.73 Å². The SMILES string of the molecule is CCCNS(=O)(=O)CC(N)(CCC)c1ccccc1. The third kappa shape index (κ3) is 4.93. The topological polar surface area (TPSA) is 72.2 Å². The second-order valence-electron chi connectivity index (χ2n) is 4.93. The molecule has 0 amide bonds. The van der Waals surface area contributed by atoms with E-state index in [2.05, 4.69) is 4.72 Å². The van der Waals surface area contributed by atoms with Gasteiger partial charge >= 0.3 is 0 Å². The normalized spacial score (nSPS) is 15.1. The molecule has 1 aromatic rings. The average Bonchev–Trinajstić information content (AvgIpc) is 2.37. The molecule has 1 atom stereocenters. The molecule has 0 saturated heterocycles. The van der Waals surface area contributed by atoms with E-state index in [0.29, 0.717) is 13.0 Å². The fraction of sp³-hybridized carbons (Fsp3) is 0.571. The largest absolute Gasteiger partial charge is 0.321 e. The second-order valence-corrected chi connectivity index (χ2v) is 6.73. The molecule has 0 heterocycles. The fourth-order valence-electron chi connectivity index (χ4n) is 2.16. The number of hydrogen-bond acceptors (Lipinski definition) is 3. The van der Waals surface area contributed by atoms with Gasteiger partial charge in [0.2, 0.25) is 10.0 Å². The van der Waals surface area contributed by atoms with Gasteiger partial charge in [0, 0.05) is 6.54 Å². The Hall–Kier alpha value is -0.910. The molecule has 0 spiro atoms. The van der Waals surface area contributed by atoms with Gasteiger partial charge in [-0.1, -0.05) is 50.6 Å². The molecule has 19 heavy (non-hydrogen) atoms. The van der Waals surface area contributed by atoms with Crippen LogP contribution in [-0.2, 0) is 15.6 Å². The Kier molecular flexibility index (Phi) is 5.97. The van der Waals surface area contributed by atoms with Crippen molar-refractivity contribution in [3.63, 3.8) is 0 Å². The van der Waals surface area contributed by atoms with E-state index in [0.717, 1.165) is 18.4 Å². The lowest BCUT2D eigenvalue weighted by Crippen LogP contribution is -2.46. The smallest absolute Gasteiger partial charge is 0.213 e. The summed E-state index contributed by atoms with van der Waals surface area (Å²) in [5.41, 5.74) is 6.42. The molecule has 0 saturated carbocycles. The third-order valence-electron chi connectivity index (χ3n) is 3.06. The molecule has 1 unspecified atom stereocenters. The number of benzene rings is 1. The molecule has 3 N–H and O–H groups in total. The van der Waals surface area contributed by atoms with Crippen molar-refractivity contribution in [1.29, 1.82) is 0 Å². The molecule has 0 radical (unpaired) electrons. The number of sulfonamides is 1. The summed E-state index contributed by atoms with van der Waals surface area (Å²) in [6.07, 6.45) is 2.26. The zero-order chi connectivity index (χ0) is 14.4. The van der Waals surface area contributed by atoms with E-state index >= 15 is 0 Å². The zero-order valence-electron chi connectivity index (χ0n) is 11.7. The zero-order valence-corrected chi connectivity index (χ0v) is 12.5. The summed E-state index contributed by atoms with van der Waals surface area (Å²) in [6, 6.07) is 9.47. The number of nitrogens with one attached hydrogen (secondary N) is 1. The molecule has 0 bridgehead atoms. The first kappa shape index (κ1) is 16.1. The standard InChI is InChI=1S/C14H24N2O2S/c1-3-10-14(15,13-8-6-5-7-9-13)12-19(17,18)16-11-4-2/h5-9,16H,3-4,10-12,15H2,1-2H3. The maximum absolute atomic E-state index is 12.1. The van der Waals surface area contributed by atoms with Crippen LogP contribution in [0, 0.1) is 0 Å². The maximum atomic E-state index is 12.1. The molecular weight excluding hydrogens is 260 g/mol. The van der Waals surface area contributed by atoms with Crippen molar-refractivity contribution in [2.45, 2.75) is 38.6 Å². The summed E-state index contributed by atoms with van der Waals surface area (Å²) in [7, 11) is -3.35. The van der Waals surface area contributed by atoms with E-state index in [9.17, 15) is 8.42 Å². The monoisotopic (exact) mass is 284 g/mol. The Balaban J connectivity index is 2.95. The van der Waals surface area contributed by atoms with Crippen LogP contribution in [0.4, 0.5) is 0 Å². The lowest BCUT2D eigenvalue weighted by atomic mass is 9.88. The highest BCUT2D eigenvalue weighted by molar-refractivity contribution is 7.89. The molecule has 5 heteroatoms. The van der Waals surface area contributed by atoms with Crippen molar-refractivity contribution >= 4 is 10.0 Å².